The van der Waals surface area contributed by atoms with Crippen LogP contribution < -0.4 is 12.4 Å². The first-order chi connectivity index (χ1) is 12.0. The van der Waals surface area contributed by atoms with E-state index in [9.17, 15) is 4.79 Å². The van der Waals surface area contributed by atoms with Crippen molar-refractivity contribution in [3.63, 3.8) is 0 Å². The number of ether oxygens (including phenoxy) is 1. The number of hydrogen-bond acceptors (Lipinski definition) is 2. The van der Waals surface area contributed by atoms with Gasteiger partial charge in [0.1, 0.15) is 12.2 Å². The van der Waals surface area contributed by atoms with Crippen molar-refractivity contribution >= 4 is 11.5 Å². The van der Waals surface area contributed by atoms with Crippen molar-refractivity contribution in [2.75, 3.05) is 27.7 Å². The van der Waals surface area contributed by atoms with Gasteiger partial charge in [0, 0.05) is 23.7 Å². The molecule has 4 nitrogen and oxygen atoms in total. The van der Waals surface area contributed by atoms with Gasteiger partial charge in [0.05, 0.1) is 27.7 Å². The summed E-state index contributed by atoms with van der Waals surface area (Å²) >= 11 is 0. The van der Waals surface area contributed by atoms with Gasteiger partial charge in [0.15, 0.2) is 0 Å². The number of carbonyl (C=O) groups excluding carboxylic acids is 1. The van der Waals surface area contributed by atoms with Crippen LogP contribution in [-0.4, -0.2) is 42.6 Å². The lowest BCUT2D eigenvalue weighted by Crippen LogP contribution is -3.00. The monoisotopic (exact) mass is 372 g/mol. The van der Waals surface area contributed by atoms with E-state index in [1.165, 1.54) is 18.2 Å². The highest BCUT2D eigenvalue weighted by atomic mass is 35.5. The number of rotatable bonds is 6. The second-order valence-corrected chi connectivity index (χ2v) is 7.06. The Morgan fingerprint density at radius 3 is 2.46 bits per heavy atom. The number of quaternary nitrogens is 1. The third-order valence-corrected chi connectivity index (χ3v) is 4.59. The largest absolute Gasteiger partial charge is 1.00 e. The summed E-state index contributed by atoms with van der Waals surface area (Å²) < 4.78 is 7.72. The molecule has 5 heteroatoms. The number of methoxy groups -OCH3 is 1. The first-order valence-electron chi connectivity index (χ1n) is 8.53. The number of benzene rings is 1. The van der Waals surface area contributed by atoms with Gasteiger partial charge in [-0.05, 0) is 23.8 Å². The molecule has 0 spiro atoms. The standard InChI is InChI=1S/C21H25N2O2.ClH/c1-23(2,16-17-9-5-4-6-10-17)14-12-18-15-20(21(24)25-3)22-13-8-7-11-19(18)22;/h4-11,13,15H,12,14,16H2,1-3H3;1H/q+1;/p-1. The van der Waals surface area contributed by atoms with Gasteiger partial charge in [0.25, 0.3) is 0 Å². The van der Waals surface area contributed by atoms with E-state index in [4.69, 9.17) is 4.74 Å². The molecular weight excluding hydrogens is 348 g/mol. The Kier molecular flexibility index (Phi) is 6.46. The minimum Gasteiger partial charge on any atom is -1.00 e. The number of pyridine rings is 1. The Hall–Kier alpha value is -2.30. The molecule has 2 heterocycles. The predicted octanol–water partition coefficient (Wildman–Crippen LogP) is 0.549. The van der Waals surface area contributed by atoms with Gasteiger partial charge in [0.2, 0.25) is 0 Å². The Balaban J connectivity index is 0.00000243. The number of esters is 1. The summed E-state index contributed by atoms with van der Waals surface area (Å²) in [5, 5.41) is 0. The lowest BCUT2D eigenvalue weighted by Gasteiger charge is -2.30. The van der Waals surface area contributed by atoms with Crippen LogP contribution in [0.4, 0.5) is 0 Å². The van der Waals surface area contributed by atoms with Crippen molar-refractivity contribution in [3.8, 4) is 0 Å². The maximum absolute atomic E-state index is 12.0. The van der Waals surface area contributed by atoms with Gasteiger partial charge in [-0.25, -0.2) is 4.79 Å². The van der Waals surface area contributed by atoms with Gasteiger partial charge in [-0.15, -0.1) is 0 Å². The van der Waals surface area contributed by atoms with Crippen LogP contribution in [0.5, 0.6) is 0 Å². The molecule has 0 bridgehead atoms. The normalized spacial score (nSPS) is 11.2. The van der Waals surface area contributed by atoms with E-state index in [2.05, 4.69) is 44.4 Å². The quantitative estimate of drug-likeness (QED) is 0.467. The molecule has 0 atom stereocenters. The van der Waals surface area contributed by atoms with Crippen molar-refractivity contribution in [2.45, 2.75) is 13.0 Å². The van der Waals surface area contributed by atoms with Crippen LogP contribution in [0.25, 0.3) is 5.52 Å². The van der Waals surface area contributed by atoms with Crippen molar-refractivity contribution in [1.29, 1.82) is 0 Å². The fourth-order valence-corrected chi connectivity index (χ4v) is 3.27. The van der Waals surface area contributed by atoms with Crippen LogP contribution in [0.3, 0.4) is 0 Å². The second-order valence-electron chi connectivity index (χ2n) is 7.06. The molecule has 0 amide bonds. The fraction of sp³-hybridized carbons (Fsp3) is 0.286. The Morgan fingerprint density at radius 2 is 1.77 bits per heavy atom. The summed E-state index contributed by atoms with van der Waals surface area (Å²) in [5.41, 5.74) is 4.17. The SMILES string of the molecule is COC(=O)c1cc(CC[N+](C)(C)Cc2ccccc2)c2ccccn12.[Cl-]. The molecule has 3 aromatic rings. The molecule has 0 aliphatic carbocycles. The molecule has 0 saturated carbocycles. The molecule has 0 fully saturated rings. The molecule has 0 N–H and O–H groups in total. The highest BCUT2D eigenvalue weighted by molar-refractivity contribution is 5.90. The van der Waals surface area contributed by atoms with E-state index in [1.54, 1.807) is 0 Å². The van der Waals surface area contributed by atoms with E-state index in [0.717, 1.165) is 29.5 Å². The van der Waals surface area contributed by atoms with Gasteiger partial charge >= 0.3 is 5.97 Å². The minimum atomic E-state index is -0.300. The molecule has 0 aliphatic heterocycles. The first-order valence-corrected chi connectivity index (χ1v) is 8.53. The summed E-state index contributed by atoms with van der Waals surface area (Å²) in [5.74, 6) is -0.300. The zero-order valence-electron chi connectivity index (χ0n) is 15.5. The van der Waals surface area contributed by atoms with Gasteiger partial charge in [-0.3, -0.25) is 0 Å². The van der Waals surface area contributed by atoms with Crippen LogP contribution in [0.15, 0.2) is 60.8 Å². The molecule has 3 rings (SSSR count). The molecule has 0 aliphatic rings. The summed E-state index contributed by atoms with van der Waals surface area (Å²) in [4.78, 5) is 12.0. The summed E-state index contributed by atoms with van der Waals surface area (Å²) in [6.07, 6.45) is 2.82. The number of fused-ring (bicyclic) bond motifs is 1. The Bertz CT molecular complexity index is 872. The molecule has 1 aromatic carbocycles. The summed E-state index contributed by atoms with van der Waals surface area (Å²) in [6.45, 7) is 1.97. The van der Waals surface area contributed by atoms with Crippen molar-refractivity contribution in [2.24, 2.45) is 0 Å². The highest BCUT2D eigenvalue weighted by Gasteiger charge is 2.20. The molecular formula is C21H25ClN2O2. The predicted molar refractivity (Wildman–Crippen MR) is 99.6 cm³/mol. The number of hydrogen-bond donors (Lipinski definition) is 0. The lowest BCUT2D eigenvalue weighted by molar-refractivity contribution is -0.903. The van der Waals surface area contributed by atoms with Crippen molar-refractivity contribution < 1.29 is 26.4 Å². The van der Waals surface area contributed by atoms with Crippen LogP contribution in [0.2, 0.25) is 0 Å². The van der Waals surface area contributed by atoms with E-state index >= 15 is 0 Å². The second kappa shape index (κ2) is 8.39. The van der Waals surface area contributed by atoms with Crippen molar-refractivity contribution in [3.05, 3.63) is 77.6 Å². The topological polar surface area (TPSA) is 30.7 Å². The van der Waals surface area contributed by atoms with Gasteiger partial charge in [-0.2, -0.15) is 0 Å². The van der Waals surface area contributed by atoms with Crippen LogP contribution in [-0.2, 0) is 17.7 Å². The number of carbonyl (C=O) groups is 1. The molecule has 26 heavy (non-hydrogen) atoms. The third kappa shape index (κ3) is 4.45. The van der Waals surface area contributed by atoms with E-state index < -0.39 is 0 Å². The van der Waals surface area contributed by atoms with Crippen LogP contribution >= 0.6 is 0 Å². The average Bonchev–Trinajstić information content (AvgIpc) is 2.99. The molecule has 138 valence electrons. The lowest BCUT2D eigenvalue weighted by atomic mass is 10.1. The Morgan fingerprint density at radius 1 is 1.08 bits per heavy atom. The van der Waals surface area contributed by atoms with Crippen molar-refractivity contribution in [1.82, 2.24) is 4.40 Å². The molecule has 0 radical (unpaired) electrons. The average molecular weight is 373 g/mol. The van der Waals surface area contributed by atoms with Gasteiger partial charge in [-0.1, -0.05) is 36.4 Å². The number of halogens is 1. The molecule has 0 unspecified atom stereocenters. The Labute approximate surface area is 161 Å². The molecule has 2 aromatic heterocycles. The summed E-state index contributed by atoms with van der Waals surface area (Å²) in [7, 11) is 5.91. The maximum atomic E-state index is 12.0. The van der Waals surface area contributed by atoms with Crippen LogP contribution in [0.1, 0.15) is 21.6 Å². The van der Waals surface area contributed by atoms with Gasteiger partial charge < -0.3 is 26.0 Å². The van der Waals surface area contributed by atoms with E-state index in [1.807, 2.05) is 34.9 Å². The molecule has 0 saturated heterocycles. The smallest absolute Gasteiger partial charge is 0.355 e. The number of nitrogens with zero attached hydrogens (tertiary/aromatic N) is 2. The van der Waals surface area contributed by atoms with E-state index in [0.29, 0.717) is 5.69 Å². The summed E-state index contributed by atoms with van der Waals surface area (Å²) in [6, 6.07) is 18.5. The van der Waals surface area contributed by atoms with E-state index in [-0.39, 0.29) is 18.4 Å². The maximum Gasteiger partial charge on any atom is 0.355 e. The third-order valence-electron chi connectivity index (χ3n) is 4.59. The fourth-order valence-electron chi connectivity index (χ4n) is 3.27. The first kappa shape index (κ1) is 20.0. The zero-order chi connectivity index (χ0) is 17.9. The number of aromatic nitrogens is 1. The zero-order valence-corrected chi connectivity index (χ0v) is 16.2. The van der Waals surface area contributed by atoms with Crippen LogP contribution in [0, 0.1) is 0 Å². The number of likely N-dealkylation sites (N-methyl/N-ethyl adjacent to an activating group) is 1. The highest BCUT2D eigenvalue weighted by Crippen LogP contribution is 2.20. The minimum absolute atomic E-state index is 0.